The summed E-state index contributed by atoms with van der Waals surface area (Å²) in [6.07, 6.45) is 1.15. The third-order valence-electron chi connectivity index (χ3n) is 3.52. The fourth-order valence-corrected chi connectivity index (χ4v) is 3.60. The first-order chi connectivity index (χ1) is 8.04. The summed E-state index contributed by atoms with van der Waals surface area (Å²) in [6.45, 7) is 6.93. The summed E-state index contributed by atoms with van der Waals surface area (Å²) in [5.41, 5.74) is 1.69. The topological polar surface area (TPSA) is 12.0 Å². The van der Waals surface area contributed by atoms with Gasteiger partial charge in [0.05, 0.1) is 0 Å². The van der Waals surface area contributed by atoms with Crippen molar-refractivity contribution in [2.75, 3.05) is 7.05 Å². The Kier molecular flexibility index (Phi) is 3.55. The zero-order chi connectivity index (χ0) is 12.5. The molecule has 1 aromatic carbocycles. The van der Waals surface area contributed by atoms with Crippen LogP contribution < -0.4 is 5.32 Å². The van der Waals surface area contributed by atoms with Crippen LogP contribution in [-0.4, -0.2) is 13.1 Å². The minimum Gasteiger partial charge on any atom is -0.317 e. The van der Waals surface area contributed by atoms with Gasteiger partial charge in [0.2, 0.25) is 0 Å². The van der Waals surface area contributed by atoms with E-state index in [2.05, 4.69) is 55.7 Å². The van der Waals surface area contributed by atoms with E-state index < -0.39 is 0 Å². The molecule has 2 aromatic rings. The lowest BCUT2D eigenvalue weighted by atomic mass is 9.79. The number of fused-ring (bicyclic) bond motifs is 1. The SMILES string of the molecule is CNC(C)CC(C)(C)c1cccc2ccsc12. The molecule has 0 aliphatic carbocycles. The van der Waals surface area contributed by atoms with Crippen molar-refractivity contribution in [3.8, 4) is 0 Å². The Labute approximate surface area is 108 Å². The van der Waals surface area contributed by atoms with Gasteiger partial charge in [-0.25, -0.2) is 0 Å². The van der Waals surface area contributed by atoms with E-state index in [0.29, 0.717) is 6.04 Å². The number of hydrogen-bond acceptors (Lipinski definition) is 2. The maximum atomic E-state index is 3.34. The molecule has 0 saturated heterocycles. The number of nitrogens with one attached hydrogen (secondary N) is 1. The molecule has 0 saturated carbocycles. The van der Waals surface area contributed by atoms with E-state index in [1.165, 1.54) is 15.6 Å². The summed E-state index contributed by atoms with van der Waals surface area (Å²) >= 11 is 1.86. The second kappa shape index (κ2) is 4.79. The van der Waals surface area contributed by atoms with Crippen molar-refractivity contribution in [3.05, 3.63) is 35.2 Å². The first-order valence-electron chi connectivity index (χ1n) is 6.18. The fourth-order valence-electron chi connectivity index (χ4n) is 2.50. The van der Waals surface area contributed by atoms with Crippen LogP contribution in [0.25, 0.3) is 10.1 Å². The Morgan fingerprint density at radius 3 is 2.76 bits per heavy atom. The van der Waals surface area contributed by atoms with Crippen molar-refractivity contribution in [3.63, 3.8) is 0 Å². The summed E-state index contributed by atoms with van der Waals surface area (Å²) < 4.78 is 1.45. The first kappa shape index (κ1) is 12.6. The van der Waals surface area contributed by atoms with Crippen LogP contribution in [0.15, 0.2) is 29.6 Å². The molecule has 1 aromatic heterocycles. The molecule has 1 atom stereocenters. The third kappa shape index (κ3) is 2.53. The molecule has 17 heavy (non-hydrogen) atoms. The summed E-state index contributed by atoms with van der Waals surface area (Å²) in [6, 6.07) is 9.41. The van der Waals surface area contributed by atoms with Crippen LogP contribution in [0.3, 0.4) is 0 Å². The average molecular weight is 247 g/mol. The smallest absolute Gasteiger partial charge is 0.0380 e. The lowest BCUT2D eigenvalue weighted by molar-refractivity contribution is 0.408. The van der Waals surface area contributed by atoms with Crippen molar-refractivity contribution >= 4 is 21.4 Å². The maximum absolute atomic E-state index is 3.34. The highest BCUT2D eigenvalue weighted by atomic mass is 32.1. The molecule has 1 N–H and O–H groups in total. The van der Waals surface area contributed by atoms with Crippen LogP contribution in [-0.2, 0) is 5.41 Å². The van der Waals surface area contributed by atoms with Crippen molar-refractivity contribution in [1.82, 2.24) is 5.32 Å². The zero-order valence-electron chi connectivity index (χ0n) is 11.1. The first-order valence-corrected chi connectivity index (χ1v) is 7.06. The van der Waals surface area contributed by atoms with E-state index in [0.717, 1.165) is 6.42 Å². The Bertz CT molecular complexity index is 498. The third-order valence-corrected chi connectivity index (χ3v) is 4.48. The highest BCUT2D eigenvalue weighted by molar-refractivity contribution is 7.17. The Morgan fingerprint density at radius 2 is 2.06 bits per heavy atom. The standard InChI is InChI=1S/C15H21NS/c1-11(16-4)10-15(2,3)13-7-5-6-12-8-9-17-14(12)13/h5-9,11,16H,10H2,1-4H3. The summed E-state index contributed by atoms with van der Waals surface area (Å²) in [7, 11) is 2.03. The highest BCUT2D eigenvalue weighted by Gasteiger charge is 2.25. The van der Waals surface area contributed by atoms with E-state index in [9.17, 15) is 0 Å². The molecule has 0 aliphatic rings. The van der Waals surface area contributed by atoms with Gasteiger partial charge in [-0.05, 0) is 48.2 Å². The van der Waals surface area contributed by atoms with E-state index in [1.807, 2.05) is 18.4 Å². The van der Waals surface area contributed by atoms with Gasteiger partial charge in [0.25, 0.3) is 0 Å². The predicted molar refractivity (Wildman–Crippen MR) is 78.0 cm³/mol. The molecule has 0 spiro atoms. The molecule has 1 unspecified atom stereocenters. The molecule has 1 heterocycles. The van der Waals surface area contributed by atoms with Gasteiger partial charge in [-0.3, -0.25) is 0 Å². The van der Waals surface area contributed by atoms with Gasteiger partial charge >= 0.3 is 0 Å². The van der Waals surface area contributed by atoms with Crippen LogP contribution in [0, 0.1) is 0 Å². The molecular weight excluding hydrogens is 226 g/mol. The Morgan fingerprint density at radius 1 is 1.29 bits per heavy atom. The second-order valence-corrected chi connectivity index (χ2v) is 6.34. The highest BCUT2D eigenvalue weighted by Crippen LogP contribution is 2.36. The molecule has 2 heteroatoms. The van der Waals surface area contributed by atoms with Crippen LogP contribution in [0.2, 0.25) is 0 Å². The number of thiophene rings is 1. The summed E-state index contributed by atoms with van der Waals surface area (Å²) in [5.74, 6) is 0. The molecule has 0 radical (unpaired) electrons. The van der Waals surface area contributed by atoms with Crippen molar-refractivity contribution < 1.29 is 0 Å². The lowest BCUT2D eigenvalue weighted by Crippen LogP contribution is -2.30. The fraction of sp³-hybridized carbons (Fsp3) is 0.467. The van der Waals surface area contributed by atoms with Crippen LogP contribution in [0.5, 0.6) is 0 Å². The molecule has 0 fully saturated rings. The Balaban J connectivity index is 2.41. The van der Waals surface area contributed by atoms with Gasteiger partial charge in [0, 0.05) is 10.7 Å². The van der Waals surface area contributed by atoms with Crippen molar-refractivity contribution in [2.45, 2.75) is 38.6 Å². The van der Waals surface area contributed by atoms with E-state index in [-0.39, 0.29) is 5.41 Å². The van der Waals surface area contributed by atoms with Crippen LogP contribution in [0.4, 0.5) is 0 Å². The quantitative estimate of drug-likeness (QED) is 0.854. The average Bonchev–Trinajstić information content (AvgIpc) is 2.75. The number of hydrogen-bond donors (Lipinski definition) is 1. The summed E-state index contributed by atoms with van der Waals surface area (Å²) in [5, 5.41) is 6.90. The molecule has 0 aliphatic heterocycles. The molecule has 0 amide bonds. The molecule has 1 nitrogen and oxygen atoms in total. The van der Waals surface area contributed by atoms with Gasteiger partial charge in [-0.1, -0.05) is 32.0 Å². The molecule has 2 rings (SSSR count). The molecular formula is C15H21NS. The van der Waals surface area contributed by atoms with Gasteiger partial charge in [-0.2, -0.15) is 0 Å². The van der Waals surface area contributed by atoms with E-state index in [1.54, 1.807) is 0 Å². The maximum Gasteiger partial charge on any atom is 0.0380 e. The monoisotopic (exact) mass is 247 g/mol. The van der Waals surface area contributed by atoms with E-state index in [4.69, 9.17) is 0 Å². The zero-order valence-corrected chi connectivity index (χ0v) is 11.9. The van der Waals surface area contributed by atoms with E-state index >= 15 is 0 Å². The largest absolute Gasteiger partial charge is 0.317 e. The lowest BCUT2D eigenvalue weighted by Gasteiger charge is -2.29. The minimum absolute atomic E-state index is 0.215. The van der Waals surface area contributed by atoms with Crippen LogP contribution in [0.1, 0.15) is 32.8 Å². The Hall–Kier alpha value is -0.860. The van der Waals surface area contributed by atoms with Crippen LogP contribution >= 0.6 is 11.3 Å². The number of benzene rings is 1. The molecule has 0 bridgehead atoms. The van der Waals surface area contributed by atoms with Crippen molar-refractivity contribution in [1.29, 1.82) is 0 Å². The molecule has 92 valence electrons. The van der Waals surface area contributed by atoms with Gasteiger partial charge < -0.3 is 5.32 Å². The normalized spacial score (nSPS) is 14.1. The van der Waals surface area contributed by atoms with Crippen molar-refractivity contribution in [2.24, 2.45) is 0 Å². The minimum atomic E-state index is 0.215. The second-order valence-electron chi connectivity index (χ2n) is 5.42. The summed E-state index contributed by atoms with van der Waals surface area (Å²) in [4.78, 5) is 0. The number of rotatable bonds is 4. The van der Waals surface area contributed by atoms with Gasteiger partial charge in [-0.15, -0.1) is 11.3 Å². The van der Waals surface area contributed by atoms with Gasteiger partial charge in [0.1, 0.15) is 0 Å². The van der Waals surface area contributed by atoms with Gasteiger partial charge in [0.15, 0.2) is 0 Å². The predicted octanol–water partition coefficient (Wildman–Crippen LogP) is 4.18.